The second-order valence-corrected chi connectivity index (χ2v) is 8.07. The zero-order chi connectivity index (χ0) is 25.7. The molecule has 1 N–H and O–H groups in total. The van der Waals surface area contributed by atoms with Crippen LogP contribution in [0.5, 0.6) is 5.75 Å². The Balaban J connectivity index is 1.82. The van der Waals surface area contributed by atoms with E-state index in [9.17, 15) is 19.5 Å². The van der Waals surface area contributed by atoms with E-state index < -0.39 is 23.7 Å². The lowest BCUT2D eigenvalue weighted by Crippen LogP contribution is -2.30. The number of amides is 1. The van der Waals surface area contributed by atoms with Crippen LogP contribution >= 0.6 is 0 Å². The molecule has 0 radical (unpaired) electrons. The first kappa shape index (κ1) is 24.7. The summed E-state index contributed by atoms with van der Waals surface area (Å²) in [6.07, 6.45) is 2.22. The van der Waals surface area contributed by atoms with Gasteiger partial charge in [-0.3, -0.25) is 19.5 Å². The van der Waals surface area contributed by atoms with E-state index in [0.29, 0.717) is 35.7 Å². The van der Waals surface area contributed by atoms with Gasteiger partial charge < -0.3 is 14.6 Å². The lowest BCUT2D eigenvalue weighted by atomic mass is 9.98. The molecule has 2 aromatic carbocycles. The van der Waals surface area contributed by atoms with Crippen LogP contribution in [-0.4, -0.2) is 41.0 Å². The van der Waals surface area contributed by atoms with Gasteiger partial charge in [0.1, 0.15) is 17.6 Å². The Bertz CT molecular complexity index is 1300. The molecule has 36 heavy (non-hydrogen) atoms. The average Bonchev–Trinajstić information content (AvgIpc) is 3.18. The summed E-state index contributed by atoms with van der Waals surface area (Å²) in [5.74, 6) is -1.93. The number of ketones is 1. The monoisotopic (exact) mass is 486 g/mol. The van der Waals surface area contributed by atoms with Crippen molar-refractivity contribution in [2.45, 2.75) is 26.3 Å². The zero-order valence-electron chi connectivity index (χ0n) is 20.0. The molecule has 1 unspecified atom stereocenters. The van der Waals surface area contributed by atoms with Crippen molar-refractivity contribution in [2.75, 3.05) is 18.1 Å². The zero-order valence-corrected chi connectivity index (χ0v) is 20.0. The van der Waals surface area contributed by atoms with E-state index in [1.165, 1.54) is 11.0 Å². The predicted octanol–water partition coefficient (Wildman–Crippen LogP) is 4.67. The van der Waals surface area contributed by atoms with Crippen molar-refractivity contribution in [3.63, 3.8) is 0 Å². The van der Waals surface area contributed by atoms with Gasteiger partial charge in [-0.1, -0.05) is 19.1 Å². The van der Waals surface area contributed by atoms with Gasteiger partial charge in [-0.25, -0.2) is 4.79 Å². The fraction of sp³-hybridized carbons (Fsp3) is 0.214. The Morgan fingerprint density at radius 2 is 1.78 bits per heavy atom. The first-order chi connectivity index (χ1) is 17.5. The molecule has 1 aliphatic rings. The van der Waals surface area contributed by atoms with Gasteiger partial charge in [0.05, 0.1) is 30.0 Å². The Labute approximate surface area is 208 Å². The van der Waals surface area contributed by atoms with Gasteiger partial charge in [-0.05, 0) is 67.9 Å². The van der Waals surface area contributed by atoms with Crippen LogP contribution in [0.25, 0.3) is 5.76 Å². The van der Waals surface area contributed by atoms with Crippen molar-refractivity contribution in [3.8, 4) is 5.75 Å². The third kappa shape index (κ3) is 4.84. The first-order valence-corrected chi connectivity index (χ1v) is 11.7. The number of ether oxygens (including phenoxy) is 2. The highest BCUT2D eigenvalue weighted by Gasteiger charge is 2.47. The van der Waals surface area contributed by atoms with E-state index in [4.69, 9.17) is 9.47 Å². The molecule has 0 bridgehead atoms. The molecule has 4 rings (SSSR count). The van der Waals surface area contributed by atoms with Crippen molar-refractivity contribution in [1.29, 1.82) is 0 Å². The van der Waals surface area contributed by atoms with E-state index in [0.717, 1.165) is 0 Å². The number of benzene rings is 2. The summed E-state index contributed by atoms with van der Waals surface area (Å²) in [4.78, 5) is 44.6. The number of carbonyl (C=O) groups is 3. The molecule has 3 aromatic rings. The Morgan fingerprint density at radius 3 is 2.44 bits per heavy atom. The normalized spacial score (nSPS) is 16.7. The highest BCUT2D eigenvalue weighted by atomic mass is 16.5. The van der Waals surface area contributed by atoms with E-state index in [1.54, 1.807) is 66.9 Å². The molecule has 0 aliphatic carbocycles. The maximum Gasteiger partial charge on any atom is 0.338 e. The molecule has 8 heteroatoms. The highest BCUT2D eigenvalue weighted by molar-refractivity contribution is 6.51. The van der Waals surface area contributed by atoms with Gasteiger partial charge in [0, 0.05) is 17.4 Å². The summed E-state index contributed by atoms with van der Waals surface area (Å²) in [5.41, 5.74) is 1.21. The summed E-state index contributed by atoms with van der Waals surface area (Å²) >= 11 is 0. The lowest BCUT2D eigenvalue weighted by molar-refractivity contribution is -0.132. The van der Waals surface area contributed by atoms with Crippen LogP contribution < -0.4 is 9.64 Å². The molecule has 1 atom stereocenters. The standard InChI is InChI=1S/C28H26N2O6/c1-3-16-36-28(34)19-8-7-9-20(17-19)30-24(22-10-5-6-15-29-22)23(26(32)27(30)33)25(31)18-11-13-21(14-12-18)35-4-2/h5-15,17,24,31H,3-4,16H2,1-2H3/b25-23+. The number of aliphatic hydroxyl groups is 1. The molecule has 0 saturated carbocycles. The quantitative estimate of drug-likeness (QED) is 0.213. The number of nitrogens with zero attached hydrogens (tertiary/aromatic N) is 2. The lowest BCUT2D eigenvalue weighted by Gasteiger charge is -2.25. The van der Waals surface area contributed by atoms with Crippen LogP contribution in [0, 0.1) is 0 Å². The fourth-order valence-corrected chi connectivity index (χ4v) is 4.01. The van der Waals surface area contributed by atoms with Gasteiger partial charge in [0.2, 0.25) is 0 Å². The van der Waals surface area contributed by atoms with Crippen molar-refractivity contribution in [2.24, 2.45) is 0 Å². The third-order valence-corrected chi connectivity index (χ3v) is 5.65. The van der Waals surface area contributed by atoms with Crippen LogP contribution in [0.3, 0.4) is 0 Å². The minimum atomic E-state index is -1.00. The number of pyridine rings is 1. The summed E-state index contributed by atoms with van der Waals surface area (Å²) in [6, 6.07) is 17.0. The second kappa shape index (κ2) is 10.9. The van der Waals surface area contributed by atoms with E-state index in [2.05, 4.69) is 4.98 Å². The molecule has 1 saturated heterocycles. The van der Waals surface area contributed by atoms with Gasteiger partial charge in [0.15, 0.2) is 0 Å². The largest absolute Gasteiger partial charge is 0.507 e. The summed E-state index contributed by atoms with van der Waals surface area (Å²) in [6.45, 7) is 4.51. The Hall–Kier alpha value is -4.46. The minimum Gasteiger partial charge on any atom is -0.507 e. The van der Waals surface area contributed by atoms with Gasteiger partial charge >= 0.3 is 5.97 Å². The molecular weight excluding hydrogens is 460 g/mol. The van der Waals surface area contributed by atoms with Crippen molar-refractivity contribution in [1.82, 2.24) is 4.98 Å². The van der Waals surface area contributed by atoms with Crippen LogP contribution in [-0.2, 0) is 14.3 Å². The number of aromatic nitrogens is 1. The Kier molecular flexibility index (Phi) is 7.44. The molecule has 2 heterocycles. The third-order valence-electron chi connectivity index (χ3n) is 5.65. The van der Waals surface area contributed by atoms with Gasteiger partial charge in [0.25, 0.3) is 11.7 Å². The van der Waals surface area contributed by atoms with Crippen molar-refractivity contribution < 1.29 is 29.0 Å². The van der Waals surface area contributed by atoms with Crippen molar-refractivity contribution >= 4 is 29.1 Å². The number of carbonyl (C=O) groups excluding carboxylic acids is 3. The van der Waals surface area contributed by atoms with Gasteiger partial charge in [-0.2, -0.15) is 0 Å². The number of hydrogen-bond donors (Lipinski definition) is 1. The molecule has 1 aromatic heterocycles. The number of Topliss-reactive ketones (excluding diaryl/α,β-unsaturated/α-hetero) is 1. The van der Waals surface area contributed by atoms with E-state index in [-0.39, 0.29) is 23.5 Å². The topological polar surface area (TPSA) is 106 Å². The summed E-state index contributed by atoms with van der Waals surface area (Å²) < 4.78 is 10.7. The smallest absolute Gasteiger partial charge is 0.338 e. The van der Waals surface area contributed by atoms with Crippen LogP contribution in [0.2, 0.25) is 0 Å². The van der Waals surface area contributed by atoms with E-state index in [1.807, 2.05) is 13.8 Å². The molecule has 1 aliphatic heterocycles. The maximum atomic E-state index is 13.3. The number of hydrogen-bond acceptors (Lipinski definition) is 7. The number of rotatable bonds is 8. The van der Waals surface area contributed by atoms with Crippen molar-refractivity contribution in [3.05, 3.63) is 95.3 Å². The molecule has 1 amide bonds. The number of aliphatic hydroxyl groups excluding tert-OH is 1. The Morgan fingerprint density at radius 1 is 1.00 bits per heavy atom. The number of anilines is 1. The van der Waals surface area contributed by atoms with Gasteiger partial charge in [-0.15, -0.1) is 0 Å². The highest BCUT2D eigenvalue weighted by Crippen LogP contribution is 2.41. The average molecular weight is 487 g/mol. The first-order valence-electron chi connectivity index (χ1n) is 11.7. The fourth-order valence-electron chi connectivity index (χ4n) is 4.01. The minimum absolute atomic E-state index is 0.0955. The predicted molar refractivity (Wildman–Crippen MR) is 134 cm³/mol. The summed E-state index contributed by atoms with van der Waals surface area (Å²) in [5, 5.41) is 11.2. The molecule has 1 fully saturated rings. The molecule has 8 nitrogen and oxygen atoms in total. The molecular formula is C28H26N2O6. The molecule has 184 valence electrons. The van der Waals surface area contributed by atoms with E-state index >= 15 is 0 Å². The summed E-state index contributed by atoms with van der Waals surface area (Å²) in [7, 11) is 0. The second-order valence-electron chi connectivity index (χ2n) is 8.07. The SMILES string of the molecule is CCCOC(=O)c1cccc(N2C(=O)C(=O)/C(=C(/O)c3ccc(OCC)cc3)C2c2ccccn2)c1. The van der Waals surface area contributed by atoms with Crippen LogP contribution in [0.15, 0.2) is 78.5 Å². The number of esters is 1. The van der Waals surface area contributed by atoms with Crippen LogP contribution in [0.1, 0.15) is 47.9 Å². The molecule has 0 spiro atoms. The maximum absolute atomic E-state index is 13.3. The van der Waals surface area contributed by atoms with Crippen LogP contribution in [0.4, 0.5) is 5.69 Å².